The van der Waals surface area contributed by atoms with Crippen LogP contribution in [0.3, 0.4) is 0 Å². The van der Waals surface area contributed by atoms with E-state index in [9.17, 15) is 14.7 Å². The van der Waals surface area contributed by atoms with Gasteiger partial charge in [-0.15, -0.1) is 11.3 Å². The third-order valence-electron chi connectivity index (χ3n) is 5.11. The van der Waals surface area contributed by atoms with Gasteiger partial charge in [0.15, 0.2) is 4.34 Å². The molecule has 2 aliphatic rings. The van der Waals surface area contributed by atoms with Gasteiger partial charge in [-0.3, -0.25) is 9.59 Å². The van der Waals surface area contributed by atoms with Crippen molar-refractivity contribution in [3.8, 4) is 0 Å². The lowest BCUT2D eigenvalue weighted by atomic mass is 9.82. The summed E-state index contributed by atoms with van der Waals surface area (Å²) in [4.78, 5) is 29.0. The number of amides is 1. The summed E-state index contributed by atoms with van der Waals surface area (Å²) in [6, 6.07) is 5.68. The maximum absolute atomic E-state index is 12.8. The van der Waals surface area contributed by atoms with Gasteiger partial charge in [-0.05, 0) is 42.9 Å². The minimum Gasteiger partial charge on any atom is -0.481 e. The van der Waals surface area contributed by atoms with Gasteiger partial charge in [0.05, 0.1) is 22.1 Å². The lowest BCUT2D eigenvalue weighted by Crippen LogP contribution is -2.36. The molecule has 2 aliphatic carbocycles. The molecule has 1 heterocycles. The average molecular weight is 389 g/mol. The minimum absolute atomic E-state index is 0.0182. The Balaban J connectivity index is 1.52. The van der Waals surface area contributed by atoms with Crippen LogP contribution in [0.15, 0.2) is 34.7 Å². The van der Waals surface area contributed by atoms with Gasteiger partial charge in [-0.1, -0.05) is 30.8 Å². The van der Waals surface area contributed by atoms with Gasteiger partial charge in [0.1, 0.15) is 0 Å². The summed E-state index contributed by atoms with van der Waals surface area (Å²) in [6.45, 7) is 2.14. The van der Waals surface area contributed by atoms with Crippen molar-refractivity contribution in [3.63, 3.8) is 0 Å². The van der Waals surface area contributed by atoms with Gasteiger partial charge in [-0.25, -0.2) is 4.98 Å². The zero-order valence-electron chi connectivity index (χ0n) is 14.3. The first-order valence-electron chi connectivity index (χ1n) is 8.82. The molecule has 0 spiro atoms. The van der Waals surface area contributed by atoms with E-state index in [2.05, 4.69) is 17.2 Å². The molecule has 2 N–H and O–H groups in total. The highest BCUT2D eigenvalue weighted by molar-refractivity contribution is 8.01. The molecule has 4 atom stereocenters. The number of anilines is 1. The zero-order chi connectivity index (χ0) is 18.3. The Hall–Kier alpha value is -1.86. The molecule has 1 aromatic heterocycles. The summed E-state index contributed by atoms with van der Waals surface area (Å²) in [5.74, 6) is -1.13. The van der Waals surface area contributed by atoms with Crippen molar-refractivity contribution in [2.45, 2.75) is 24.1 Å². The van der Waals surface area contributed by atoms with Crippen molar-refractivity contribution >= 4 is 50.9 Å². The molecule has 0 radical (unpaired) electrons. The molecule has 0 saturated heterocycles. The van der Waals surface area contributed by atoms with E-state index in [0.29, 0.717) is 5.69 Å². The van der Waals surface area contributed by atoms with Crippen LogP contribution in [0.2, 0.25) is 0 Å². The third kappa shape index (κ3) is 3.14. The number of carbonyl (C=O) groups excluding carboxylic acids is 1. The summed E-state index contributed by atoms with van der Waals surface area (Å²) in [5, 5.41) is 12.4. The first kappa shape index (κ1) is 17.5. The number of thioether (sulfide) groups is 1. The Kier molecular flexibility index (Phi) is 4.75. The summed E-state index contributed by atoms with van der Waals surface area (Å²) < 4.78 is 2.07. The molecule has 1 fully saturated rings. The van der Waals surface area contributed by atoms with Crippen LogP contribution in [-0.4, -0.2) is 27.7 Å². The largest absolute Gasteiger partial charge is 0.481 e. The average Bonchev–Trinajstić information content (AvgIpc) is 3.32. The second-order valence-electron chi connectivity index (χ2n) is 6.84. The number of fused-ring (bicyclic) bond motifs is 3. The van der Waals surface area contributed by atoms with E-state index < -0.39 is 17.8 Å². The van der Waals surface area contributed by atoms with E-state index in [-0.39, 0.29) is 17.7 Å². The van der Waals surface area contributed by atoms with E-state index in [4.69, 9.17) is 0 Å². The van der Waals surface area contributed by atoms with Gasteiger partial charge in [0, 0.05) is 11.4 Å². The lowest BCUT2D eigenvalue weighted by Gasteiger charge is -2.23. The molecule has 2 bridgehead atoms. The Morgan fingerprint density at radius 1 is 1.31 bits per heavy atom. The standard InChI is InChI=1S/C19H20N2O3S2/c1-2-7-25-19-21-13-6-5-12(9-14(13)26-19)20-17(22)15-10-3-4-11(8-10)16(15)18(23)24/h3-6,9-11,15-16H,2,7-8H2,1H3,(H,20,22)(H,23,24)/t10-,11-,15+,16+/m0/s1. The van der Waals surface area contributed by atoms with Crippen LogP contribution >= 0.6 is 23.1 Å². The fraction of sp³-hybridized carbons (Fsp3) is 0.421. The number of hydrogen-bond acceptors (Lipinski definition) is 5. The monoisotopic (exact) mass is 388 g/mol. The van der Waals surface area contributed by atoms with Gasteiger partial charge in [0.25, 0.3) is 0 Å². The minimum atomic E-state index is -0.877. The lowest BCUT2D eigenvalue weighted by molar-refractivity contribution is -0.146. The van der Waals surface area contributed by atoms with Crippen molar-refractivity contribution in [1.82, 2.24) is 4.98 Å². The predicted molar refractivity (Wildman–Crippen MR) is 105 cm³/mol. The van der Waals surface area contributed by atoms with Crippen molar-refractivity contribution in [3.05, 3.63) is 30.4 Å². The molecule has 5 nitrogen and oxygen atoms in total. The molecule has 2 aromatic rings. The zero-order valence-corrected chi connectivity index (χ0v) is 16.0. The molecule has 1 aromatic carbocycles. The van der Waals surface area contributed by atoms with Gasteiger partial charge < -0.3 is 10.4 Å². The number of hydrogen-bond donors (Lipinski definition) is 2. The number of nitrogens with one attached hydrogen (secondary N) is 1. The SMILES string of the molecule is CCCSc1nc2ccc(NC(=O)[C@H]3[C@H](C(=O)O)[C@H]4C=C[C@H]3C4)cc2s1. The van der Waals surface area contributed by atoms with Crippen LogP contribution < -0.4 is 5.32 Å². The molecule has 7 heteroatoms. The highest BCUT2D eigenvalue weighted by Crippen LogP contribution is 2.48. The van der Waals surface area contributed by atoms with Crippen LogP contribution in [0.4, 0.5) is 5.69 Å². The van der Waals surface area contributed by atoms with E-state index in [1.807, 2.05) is 30.4 Å². The van der Waals surface area contributed by atoms with Crippen LogP contribution in [-0.2, 0) is 9.59 Å². The molecular weight excluding hydrogens is 368 g/mol. The van der Waals surface area contributed by atoms with Crippen LogP contribution in [0.1, 0.15) is 19.8 Å². The Labute approximate surface area is 159 Å². The topological polar surface area (TPSA) is 79.3 Å². The van der Waals surface area contributed by atoms with Crippen molar-refractivity contribution < 1.29 is 14.7 Å². The van der Waals surface area contributed by atoms with E-state index in [0.717, 1.165) is 33.2 Å². The van der Waals surface area contributed by atoms with Crippen molar-refractivity contribution in [1.29, 1.82) is 0 Å². The van der Waals surface area contributed by atoms with E-state index in [1.165, 1.54) is 0 Å². The molecule has 0 aliphatic heterocycles. The number of allylic oxidation sites excluding steroid dienone is 2. The maximum atomic E-state index is 12.8. The number of benzene rings is 1. The van der Waals surface area contributed by atoms with Crippen molar-refractivity contribution in [2.24, 2.45) is 23.7 Å². The fourth-order valence-corrected chi connectivity index (χ4v) is 6.01. The smallest absolute Gasteiger partial charge is 0.307 e. The highest BCUT2D eigenvalue weighted by Gasteiger charge is 2.51. The highest BCUT2D eigenvalue weighted by atomic mass is 32.2. The van der Waals surface area contributed by atoms with E-state index >= 15 is 0 Å². The number of thiazole rings is 1. The van der Waals surface area contributed by atoms with Gasteiger partial charge in [0.2, 0.25) is 5.91 Å². The molecule has 1 saturated carbocycles. The molecule has 26 heavy (non-hydrogen) atoms. The molecule has 1 amide bonds. The Bertz CT molecular complexity index is 892. The van der Waals surface area contributed by atoms with Crippen LogP contribution in [0.5, 0.6) is 0 Å². The number of aromatic nitrogens is 1. The van der Waals surface area contributed by atoms with Crippen LogP contribution in [0.25, 0.3) is 10.2 Å². The normalized spacial score (nSPS) is 26.5. The molecule has 0 unspecified atom stereocenters. The number of nitrogens with zero attached hydrogens (tertiary/aromatic N) is 1. The number of carbonyl (C=O) groups is 2. The number of carboxylic acids is 1. The van der Waals surface area contributed by atoms with Gasteiger partial charge >= 0.3 is 5.97 Å². The Morgan fingerprint density at radius 3 is 2.81 bits per heavy atom. The third-order valence-corrected chi connectivity index (χ3v) is 7.48. The molecule has 136 valence electrons. The number of carboxylic acid groups (broad SMARTS) is 1. The van der Waals surface area contributed by atoms with Crippen LogP contribution in [0, 0.1) is 23.7 Å². The Morgan fingerprint density at radius 2 is 2.08 bits per heavy atom. The first-order chi connectivity index (χ1) is 12.6. The molecule has 4 rings (SSSR count). The second-order valence-corrected chi connectivity index (χ2v) is 9.21. The van der Waals surface area contributed by atoms with Gasteiger partial charge in [-0.2, -0.15) is 0 Å². The molecular formula is C19H20N2O3S2. The quantitative estimate of drug-likeness (QED) is 0.571. The first-order valence-corrected chi connectivity index (χ1v) is 10.6. The van der Waals surface area contributed by atoms with Crippen molar-refractivity contribution in [2.75, 3.05) is 11.1 Å². The predicted octanol–water partition coefficient (Wildman–Crippen LogP) is 4.26. The summed E-state index contributed by atoms with van der Waals surface area (Å²) in [5.41, 5.74) is 1.63. The number of aliphatic carboxylic acids is 1. The number of rotatable bonds is 6. The summed E-state index contributed by atoms with van der Waals surface area (Å²) >= 11 is 3.37. The van der Waals surface area contributed by atoms with E-state index in [1.54, 1.807) is 23.1 Å². The summed E-state index contributed by atoms with van der Waals surface area (Å²) in [7, 11) is 0. The second kappa shape index (κ2) is 7.04. The maximum Gasteiger partial charge on any atom is 0.307 e. The fourth-order valence-electron chi connectivity index (χ4n) is 3.97. The summed E-state index contributed by atoms with van der Waals surface area (Å²) in [6.07, 6.45) is 5.82.